The number of carbonyl (C=O) groups is 1. The average molecular weight is 339 g/mol. The maximum Gasteiger partial charge on any atom is 0.272 e. The third-order valence-corrected chi connectivity index (χ3v) is 4.34. The molecule has 3 rings (SSSR count). The SMILES string of the molecule is Cc1ccc(-c2cc(C(=O)NC3CCCCC3CN)n[nH]2)o1.Cl. The van der Waals surface area contributed by atoms with E-state index in [4.69, 9.17) is 10.2 Å². The highest BCUT2D eigenvalue weighted by Crippen LogP contribution is 2.24. The van der Waals surface area contributed by atoms with Crippen LogP contribution in [0.1, 0.15) is 41.9 Å². The fraction of sp³-hybridized carbons (Fsp3) is 0.500. The molecule has 1 amide bonds. The van der Waals surface area contributed by atoms with Crippen molar-refractivity contribution in [1.82, 2.24) is 15.5 Å². The van der Waals surface area contributed by atoms with Gasteiger partial charge in [-0.05, 0) is 44.4 Å². The number of hydrogen-bond donors (Lipinski definition) is 3. The van der Waals surface area contributed by atoms with Crippen LogP contribution in [0.25, 0.3) is 11.5 Å². The fourth-order valence-corrected chi connectivity index (χ4v) is 3.07. The van der Waals surface area contributed by atoms with Crippen LogP contribution in [0.3, 0.4) is 0 Å². The molecule has 2 aromatic heterocycles. The minimum Gasteiger partial charge on any atom is -0.460 e. The molecular weight excluding hydrogens is 316 g/mol. The number of aromatic amines is 1. The molecule has 0 radical (unpaired) electrons. The molecule has 6 nitrogen and oxygen atoms in total. The number of rotatable bonds is 4. The van der Waals surface area contributed by atoms with Gasteiger partial charge in [0.25, 0.3) is 5.91 Å². The van der Waals surface area contributed by atoms with Crippen LogP contribution in [-0.4, -0.2) is 28.7 Å². The van der Waals surface area contributed by atoms with Crippen molar-refractivity contribution in [3.63, 3.8) is 0 Å². The summed E-state index contributed by atoms with van der Waals surface area (Å²) in [5, 5.41) is 10.0. The number of H-pyrrole nitrogens is 1. The second kappa shape index (κ2) is 7.66. The van der Waals surface area contributed by atoms with E-state index < -0.39 is 0 Å². The second-order valence-electron chi connectivity index (χ2n) is 5.94. The first kappa shape index (κ1) is 17.6. The molecule has 0 saturated heterocycles. The van der Waals surface area contributed by atoms with E-state index in [0.29, 0.717) is 29.6 Å². The minimum atomic E-state index is -0.156. The van der Waals surface area contributed by atoms with E-state index in [2.05, 4.69) is 15.5 Å². The van der Waals surface area contributed by atoms with Gasteiger partial charge in [0.1, 0.15) is 11.5 Å². The molecule has 1 fully saturated rings. The molecule has 0 spiro atoms. The number of nitrogens with two attached hydrogens (primary N) is 1. The molecule has 0 aliphatic heterocycles. The van der Waals surface area contributed by atoms with E-state index in [1.165, 1.54) is 6.42 Å². The Kier molecular flexibility index (Phi) is 5.85. The number of carbonyl (C=O) groups excluding carboxylic acids is 1. The van der Waals surface area contributed by atoms with E-state index in [0.717, 1.165) is 25.0 Å². The van der Waals surface area contributed by atoms with Crippen molar-refractivity contribution >= 4 is 18.3 Å². The summed E-state index contributed by atoms with van der Waals surface area (Å²) in [6.07, 6.45) is 4.40. The van der Waals surface area contributed by atoms with Gasteiger partial charge in [-0.1, -0.05) is 12.8 Å². The third-order valence-electron chi connectivity index (χ3n) is 4.34. The zero-order chi connectivity index (χ0) is 15.5. The summed E-state index contributed by atoms with van der Waals surface area (Å²) in [6.45, 7) is 2.49. The van der Waals surface area contributed by atoms with Gasteiger partial charge in [-0.25, -0.2) is 0 Å². The highest BCUT2D eigenvalue weighted by atomic mass is 35.5. The Morgan fingerprint density at radius 1 is 1.43 bits per heavy atom. The first-order valence-electron chi connectivity index (χ1n) is 7.80. The predicted molar refractivity (Wildman–Crippen MR) is 90.5 cm³/mol. The summed E-state index contributed by atoms with van der Waals surface area (Å²) >= 11 is 0. The van der Waals surface area contributed by atoms with Gasteiger partial charge < -0.3 is 15.5 Å². The summed E-state index contributed by atoms with van der Waals surface area (Å²) < 4.78 is 5.53. The first-order chi connectivity index (χ1) is 10.7. The smallest absolute Gasteiger partial charge is 0.272 e. The molecule has 0 bridgehead atoms. The Morgan fingerprint density at radius 3 is 2.91 bits per heavy atom. The van der Waals surface area contributed by atoms with Gasteiger partial charge in [0.05, 0.1) is 0 Å². The van der Waals surface area contributed by atoms with Crippen molar-refractivity contribution in [1.29, 1.82) is 0 Å². The summed E-state index contributed by atoms with van der Waals surface area (Å²) in [5.74, 6) is 1.71. The number of amides is 1. The van der Waals surface area contributed by atoms with Crippen LogP contribution in [0, 0.1) is 12.8 Å². The summed E-state index contributed by atoms with van der Waals surface area (Å²) in [5.41, 5.74) is 6.89. The molecule has 2 aromatic rings. The van der Waals surface area contributed by atoms with Crippen molar-refractivity contribution in [2.75, 3.05) is 6.54 Å². The van der Waals surface area contributed by atoms with Gasteiger partial charge in [0, 0.05) is 12.1 Å². The number of aromatic nitrogens is 2. The van der Waals surface area contributed by atoms with Crippen LogP contribution in [-0.2, 0) is 0 Å². The molecule has 2 heterocycles. The van der Waals surface area contributed by atoms with Gasteiger partial charge in [-0.3, -0.25) is 9.89 Å². The molecule has 126 valence electrons. The van der Waals surface area contributed by atoms with Gasteiger partial charge in [-0.2, -0.15) is 5.10 Å². The minimum absolute atomic E-state index is 0. The highest BCUT2D eigenvalue weighted by Gasteiger charge is 2.26. The van der Waals surface area contributed by atoms with Gasteiger partial charge >= 0.3 is 0 Å². The molecule has 7 heteroatoms. The molecular formula is C16H23ClN4O2. The lowest BCUT2D eigenvalue weighted by molar-refractivity contribution is 0.0903. The van der Waals surface area contributed by atoms with Crippen LogP contribution < -0.4 is 11.1 Å². The zero-order valence-corrected chi connectivity index (χ0v) is 14.0. The van der Waals surface area contributed by atoms with Gasteiger partial charge in [0.2, 0.25) is 0 Å². The first-order valence-corrected chi connectivity index (χ1v) is 7.80. The molecule has 23 heavy (non-hydrogen) atoms. The number of nitrogens with zero attached hydrogens (tertiary/aromatic N) is 1. The second-order valence-corrected chi connectivity index (χ2v) is 5.94. The Balaban J connectivity index is 0.00000192. The summed E-state index contributed by atoms with van der Waals surface area (Å²) in [4.78, 5) is 12.4. The monoisotopic (exact) mass is 338 g/mol. The van der Waals surface area contributed by atoms with Crippen LogP contribution in [0.15, 0.2) is 22.6 Å². The third kappa shape index (κ3) is 3.95. The maximum absolute atomic E-state index is 12.4. The van der Waals surface area contributed by atoms with Crippen LogP contribution in [0.2, 0.25) is 0 Å². The Bertz CT molecular complexity index is 652. The zero-order valence-electron chi connectivity index (χ0n) is 13.2. The molecule has 2 unspecified atom stereocenters. The molecule has 1 saturated carbocycles. The molecule has 1 aliphatic carbocycles. The van der Waals surface area contributed by atoms with Crippen molar-refractivity contribution < 1.29 is 9.21 Å². The van der Waals surface area contributed by atoms with E-state index in [-0.39, 0.29) is 24.4 Å². The normalized spacial score (nSPS) is 20.8. The van der Waals surface area contributed by atoms with Gasteiger partial charge in [0.15, 0.2) is 11.5 Å². The Hall–Kier alpha value is -1.79. The molecule has 2 atom stereocenters. The van der Waals surface area contributed by atoms with Crippen molar-refractivity contribution in [3.05, 3.63) is 29.7 Å². The lowest BCUT2D eigenvalue weighted by Crippen LogP contribution is -2.44. The summed E-state index contributed by atoms with van der Waals surface area (Å²) in [6, 6.07) is 5.60. The number of nitrogens with one attached hydrogen (secondary N) is 2. The number of hydrogen-bond acceptors (Lipinski definition) is 4. The van der Waals surface area contributed by atoms with Crippen LogP contribution in [0.5, 0.6) is 0 Å². The van der Waals surface area contributed by atoms with E-state index >= 15 is 0 Å². The fourth-order valence-electron chi connectivity index (χ4n) is 3.07. The lowest BCUT2D eigenvalue weighted by atomic mass is 9.84. The van der Waals surface area contributed by atoms with Crippen molar-refractivity contribution in [3.8, 4) is 11.5 Å². The Morgan fingerprint density at radius 2 is 2.22 bits per heavy atom. The maximum atomic E-state index is 12.4. The van der Waals surface area contributed by atoms with Crippen LogP contribution >= 0.6 is 12.4 Å². The van der Waals surface area contributed by atoms with E-state index in [1.54, 1.807) is 6.07 Å². The van der Waals surface area contributed by atoms with Crippen LogP contribution in [0.4, 0.5) is 0 Å². The molecule has 4 N–H and O–H groups in total. The average Bonchev–Trinajstić information content (AvgIpc) is 3.16. The quantitative estimate of drug-likeness (QED) is 0.798. The van der Waals surface area contributed by atoms with Crippen molar-refractivity contribution in [2.45, 2.75) is 38.6 Å². The Labute approximate surface area is 141 Å². The number of halogens is 1. The standard InChI is InChI=1S/C16H22N4O2.ClH/c1-10-6-7-15(22-10)13-8-14(20-19-13)16(21)18-12-5-3-2-4-11(12)9-17;/h6-8,11-12H,2-5,9,17H2,1H3,(H,18,21)(H,19,20);1H. The summed E-state index contributed by atoms with van der Waals surface area (Å²) in [7, 11) is 0. The largest absolute Gasteiger partial charge is 0.460 e. The number of aryl methyl sites for hydroxylation is 1. The van der Waals surface area contributed by atoms with E-state index in [9.17, 15) is 4.79 Å². The van der Waals surface area contributed by atoms with Gasteiger partial charge in [-0.15, -0.1) is 12.4 Å². The topological polar surface area (TPSA) is 96.9 Å². The van der Waals surface area contributed by atoms with Crippen molar-refractivity contribution in [2.24, 2.45) is 11.7 Å². The lowest BCUT2D eigenvalue weighted by Gasteiger charge is -2.31. The molecule has 0 aromatic carbocycles. The predicted octanol–water partition coefficient (Wildman–Crippen LogP) is 2.65. The number of furan rings is 1. The van der Waals surface area contributed by atoms with E-state index in [1.807, 2.05) is 19.1 Å². The molecule has 1 aliphatic rings. The highest BCUT2D eigenvalue weighted by molar-refractivity contribution is 5.93.